The van der Waals surface area contributed by atoms with Gasteiger partial charge in [0.25, 0.3) is 0 Å². The summed E-state index contributed by atoms with van der Waals surface area (Å²) >= 11 is 5.32. The van der Waals surface area contributed by atoms with Gasteiger partial charge >= 0.3 is 0 Å². The Balaban J connectivity index is 2.07. The molecule has 0 aliphatic heterocycles. The minimum absolute atomic E-state index is 0.291. The van der Waals surface area contributed by atoms with Crippen LogP contribution in [0.3, 0.4) is 0 Å². The molecule has 2 nitrogen and oxygen atoms in total. The van der Waals surface area contributed by atoms with Crippen molar-refractivity contribution in [2.45, 2.75) is 25.9 Å². The van der Waals surface area contributed by atoms with Crippen LogP contribution in [-0.2, 0) is 0 Å². The smallest absolute Gasteiger partial charge is 0.133 e. The number of rotatable bonds is 5. The summed E-state index contributed by atoms with van der Waals surface area (Å²) in [4.78, 5) is 1.36. The molecule has 0 saturated heterocycles. The first-order valence-electron chi connectivity index (χ1n) is 6.24. The monoisotopic (exact) mass is 339 g/mol. The van der Waals surface area contributed by atoms with E-state index in [1.165, 1.54) is 10.4 Å². The molecular weight excluding hydrogens is 322 g/mol. The first-order valence-corrected chi connectivity index (χ1v) is 7.92. The standard InChI is InChI=1S/C15H18BrNOS/c1-10(17-11(2)15-5-4-8-19-15)12-6-7-14(18-3)13(16)9-12/h4-11,17H,1-3H3. The van der Waals surface area contributed by atoms with Gasteiger partial charge in [0.05, 0.1) is 11.6 Å². The van der Waals surface area contributed by atoms with Gasteiger partial charge in [-0.15, -0.1) is 11.3 Å². The van der Waals surface area contributed by atoms with Gasteiger partial charge in [-0.05, 0) is 58.9 Å². The molecule has 0 bridgehead atoms. The SMILES string of the molecule is COc1ccc(C(C)NC(C)c2cccs2)cc1Br. The molecule has 0 aliphatic rings. The Morgan fingerprint density at radius 3 is 2.58 bits per heavy atom. The summed E-state index contributed by atoms with van der Waals surface area (Å²) in [6.07, 6.45) is 0. The molecule has 0 spiro atoms. The molecule has 102 valence electrons. The van der Waals surface area contributed by atoms with E-state index in [-0.39, 0.29) is 0 Å². The highest BCUT2D eigenvalue weighted by Gasteiger charge is 2.13. The van der Waals surface area contributed by atoms with Gasteiger partial charge in [-0.2, -0.15) is 0 Å². The lowest BCUT2D eigenvalue weighted by molar-refractivity contribution is 0.411. The zero-order valence-electron chi connectivity index (χ0n) is 11.3. The van der Waals surface area contributed by atoms with Crippen molar-refractivity contribution < 1.29 is 4.74 Å². The van der Waals surface area contributed by atoms with Crippen molar-refractivity contribution in [1.29, 1.82) is 0 Å². The minimum atomic E-state index is 0.291. The van der Waals surface area contributed by atoms with E-state index < -0.39 is 0 Å². The van der Waals surface area contributed by atoms with E-state index in [0.29, 0.717) is 12.1 Å². The highest BCUT2D eigenvalue weighted by atomic mass is 79.9. The Bertz CT molecular complexity index is 527. The molecule has 4 heteroatoms. The summed E-state index contributed by atoms with van der Waals surface area (Å²) in [5.74, 6) is 0.863. The molecular formula is C15H18BrNOS. The zero-order chi connectivity index (χ0) is 13.8. The molecule has 0 fully saturated rings. The van der Waals surface area contributed by atoms with E-state index in [2.05, 4.69) is 64.7 Å². The maximum atomic E-state index is 5.25. The summed E-state index contributed by atoms with van der Waals surface area (Å²) in [5.41, 5.74) is 1.25. The van der Waals surface area contributed by atoms with Crippen molar-refractivity contribution in [1.82, 2.24) is 5.32 Å². The third kappa shape index (κ3) is 3.59. The van der Waals surface area contributed by atoms with Crippen LogP contribution in [0.4, 0.5) is 0 Å². The molecule has 2 atom stereocenters. The largest absolute Gasteiger partial charge is 0.496 e. The van der Waals surface area contributed by atoms with E-state index in [4.69, 9.17) is 4.74 Å². The second-order valence-electron chi connectivity index (χ2n) is 4.52. The van der Waals surface area contributed by atoms with Crippen molar-refractivity contribution >= 4 is 27.3 Å². The lowest BCUT2D eigenvalue weighted by atomic mass is 10.1. The van der Waals surface area contributed by atoms with E-state index >= 15 is 0 Å². The molecule has 19 heavy (non-hydrogen) atoms. The van der Waals surface area contributed by atoms with Gasteiger partial charge in [0.2, 0.25) is 0 Å². The molecule has 0 aliphatic carbocycles. The van der Waals surface area contributed by atoms with Gasteiger partial charge in [0.15, 0.2) is 0 Å². The topological polar surface area (TPSA) is 21.3 Å². The van der Waals surface area contributed by atoms with Gasteiger partial charge in [0.1, 0.15) is 5.75 Å². The molecule has 1 aromatic heterocycles. The fourth-order valence-corrected chi connectivity index (χ4v) is 3.34. The average molecular weight is 340 g/mol. The Hall–Kier alpha value is -0.840. The number of methoxy groups -OCH3 is 1. The second-order valence-corrected chi connectivity index (χ2v) is 6.35. The first kappa shape index (κ1) is 14.6. The van der Waals surface area contributed by atoms with E-state index in [1.807, 2.05) is 6.07 Å². The van der Waals surface area contributed by atoms with Crippen molar-refractivity contribution in [3.8, 4) is 5.75 Å². The van der Waals surface area contributed by atoms with Gasteiger partial charge in [-0.25, -0.2) is 0 Å². The van der Waals surface area contributed by atoms with Crippen molar-refractivity contribution in [2.24, 2.45) is 0 Å². The van der Waals surface area contributed by atoms with Gasteiger partial charge in [-0.3, -0.25) is 0 Å². The number of thiophene rings is 1. The maximum Gasteiger partial charge on any atom is 0.133 e. The van der Waals surface area contributed by atoms with E-state index in [9.17, 15) is 0 Å². The summed E-state index contributed by atoms with van der Waals surface area (Å²) in [6, 6.07) is 11.1. The van der Waals surface area contributed by atoms with Crippen LogP contribution in [0.1, 0.15) is 36.4 Å². The molecule has 0 amide bonds. The van der Waals surface area contributed by atoms with Crippen molar-refractivity contribution in [3.05, 3.63) is 50.6 Å². The lowest BCUT2D eigenvalue weighted by Gasteiger charge is -2.20. The quantitative estimate of drug-likeness (QED) is 0.833. The highest BCUT2D eigenvalue weighted by Crippen LogP contribution is 2.29. The molecule has 1 aromatic carbocycles. The van der Waals surface area contributed by atoms with Crippen LogP contribution in [0.2, 0.25) is 0 Å². The summed E-state index contributed by atoms with van der Waals surface area (Å²) in [7, 11) is 1.68. The van der Waals surface area contributed by atoms with Crippen LogP contribution in [0.15, 0.2) is 40.2 Å². The molecule has 0 radical (unpaired) electrons. The summed E-state index contributed by atoms with van der Waals surface area (Å²) < 4.78 is 6.24. The molecule has 2 rings (SSSR count). The first-order chi connectivity index (χ1) is 9.11. The highest BCUT2D eigenvalue weighted by molar-refractivity contribution is 9.10. The number of hydrogen-bond donors (Lipinski definition) is 1. The van der Waals surface area contributed by atoms with Crippen LogP contribution in [-0.4, -0.2) is 7.11 Å². The number of hydrogen-bond acceptors (Lipinski definition) is 3. The van der Waals surface area contributed by atoms with Crippen LogP contribution >= 0.6 is 27.3 Å². The van der Waals surface area contributed by atoms with Crippen LogP contribution in [0.5, 0.6) is 5.75 Å². The zero-order valence-corrected chi connectivity index (χ0v) is 13.7. The van der Waals surface area contributed by atoms with E-state index in [1.54, 1.807) is 18.4 Å². The summed E-state index contributed by atoms with van der Waals surface area (Å²) in [6.45, 7) is 4.37. The van der Waals surface area contributed by atoms with E-state index in [0.717, 1.165) is 10.2 Å². The average Bonchev–Trinajstić information content (AvgIpc) is 2.92. The molecule has 1 heterocycles. The predicted octanol–water partition coefficient (Wildman–Crippen LogP) is 4.93. The maximum absolute atomic E-state index is 5.25. The second kappa shape index (κ2) is 6.55. The number of ether oxygens (including phenoxy) is 1. The number of nitrogens with one attached hydrogen (secondary N) is 1. The third-order valence-electron chi connectivity index (χ3n) is 3.15. The number of benzene rings is 1. The Morgan fingerprint density at radius 2 is 2.00 bits per heavy atom. The van der Waals surface area contributed by atoms with Gasteiger partial charge in [0, 0.05) is 17.0 Å². The fourth-order valence-electron chi connectivity index (χ4n) is 2.04. The Morgan fingerprint density at radius 1 is 1.21 bits per heavy atom. The number of halogens is 1. The van der Waals surface area contributed by atoms with Crippen molar-refractivity contribution in [2.75, 3.05) is 7.11 Å². The van der Waals surface area contributed by atoms with Crippen molar-refractivity contribution in [3.63, 3.8) is 0 Å². The predicted molar refractivity (Wildman–Crippen MR) is 85.0 cm³/mol. The fraction of sp³-hybridized carbons (Fsp3) is 0.333. The molecule has 2 aromatic rings. The Labute approximate surface area is 126 Å². The molecule has 2 unspecified atom stereocenters. The third-order valence-corrected chi connectivity index (χ3v) is 4.82. The molecule has 1 N–H and O–H groups in total. The van der Waals surface area contributed by atoms with Crippen LogP contribution in [0.25, 0.3) is 0 Å². The van der Waals surface area contributed by atoms with Crippen LogP contribution < -0.4 is 10.1 Å². The van der Waals surface area contributed by atoms with Crippen LogP contribution in [0, 0.1) is 0 Å². The Kier molecular flexibility index (Phi) is 5.02. The minimum Gasteiger partial charge on any atom is -0.496 e. The lowest BCUT2D eigenvalue weighted by Crippen LogP contribution is -2.21. The van der Waals surface area contributed by atoms with Gasteiger partial charge in [-0.1, -0.05) is 12.1 Å². The summed E-state index contributed by atoms with van der Waals surface area (Å²) in [5, 5.41) is 5.73. The molecule has 0 saturated carbocycles. The van der Waals surface area contributed by atoms with Gasteiger partial charge < -0.3 is 10.1 Å². The normalized spacial score (nSPS) is 14.1.